The summed E-state index contributed by atoms with van der Waals surface area (Å²) in [7, 11) is 0. The Bertz CT molecular complexity index is 576. The van der Waals surface area contributed by atoms with E-state index in [4.69, 9.17) is 5.73 Å². The van der Waals surface area contributed by atoms with Crippen molar-refractivity contribution in [3.63, 3.8) is 0 Å². The van der Waals surface area contributed by atoms with Crippen LogP contribution >= 0.6 is 27.3 Å². The molecule has 1 fully saturated rings. The summed E-state index contributed by atoms with van der Waals surface area (Å²) in [4.78, 5) is 2.51. The van der Waals surface area contributed by atoms with E-state index in [9.17, 15) is 0 Å². The number of rotatable bonds is 5. The topological polar surface area (TPSA) is 29.3 Å². The van der Waals surface area contributed by atoms with Crippen LogP contribution in [0.4, 0.5) is 5.69 Å². The third kappa shape index (κ3) is 3.08. The number of nitrogens with two attached hydrogens (primary N) is 1. The maximum absolute atomic E-state index is 5.96. The van der Waals surface area contributed by atoms with Gasteiger partial charge in [-0.3, -0.25) is 0 Å². The lowest BCUT2D eigenvalue weighted by molar-refractivity contribution is 0.788. The number of nitrogens with zero attached hydrogens (tertiary/aromatic N) is 1. The Morgan fingerprint density at radius 2 is 2.20 bits per heavy atom. The molecule has 0 saturated heterocycles. The fourth-order valence-electron chi connectivity index (χ4n) is 2.42. The first kappa shape index (κ1) is 14.1. The summed E-state index contributed by atoms with van der Waals surface area (Å²) in [6.07, 6.45) is 2.59. The molecule has 4 heteroatoms. The maximum Gasteiger partial charge on any atom is 0.0516 e. The van der Waals surface area contributed by atoms with Gasteiger partial charge in [0, 0.05) is 23.1 Å². The van der Waals surface area contributed by atoms with Crippen LogP contribution < -0.4 is 10.6 Å². The molecule has 1 aliphatic rings. The Labute approximate surface area is 132 Å². The molecular weight excluding hydrogens is 332 g/mol. The smallest absolute Gasteiger partial charge is 0.0516 e. The van der Waals surface area contributed by atoms with E-state index in [2.05, 4.69) is 55.9 Å². The number of benzene rings is 1. The summed E-state index contributed by atoms with van der Waals surface area (Å²) in [5, 5.41) is 4.38. The monoisotopic (exact) mass is 350 g/mol. The summed E-state index contributed by atoms with van der Waals surface area (Å²) in [6.45, 7) is 3.01. The zero-order chi connectivity index (χ0) is 14.1. The molecule has 0 bridgehead atoms. The van der Waals surface area contributed by atoms with Crippen molar-refractivity contribution in [2.24, 2.45) is 5.73 Å². The minimum atomic E-state index is 0.0756. The molecule has 2 aromatic rings. The van der Waals surface area contributed by atoms with Gasteiger partial charge in [-0.15, -0.1) is 0 Å². The van der Waals surface area contributed by atoms with Crippen molar-refractivity contribution in [2.75, 3.05) is 4.90 Å². The predicted molar refractivity (Wildman–Crippen MR) is 90.3 cm³/mol. The van der Waals surface area contributed by atoms with Crippen LogP contribution in [0, 0.1) is 0 Å². The number of hydrogen-bond donors (Lipinski definition) is 1. The van der Waals surface area contributed by atoms with Crippen LogP contribution in [0.3, 0.4) is 0 Å². The minimum absolute atomic E-state index is 0.0756. The molecule has 1 atom stereocenters. The van der Waals surface area contributed by atoms with Crippen LogP contribution in [0.5, 0.6) is 0 Å². The number of hydrogen-bond acceptors (Lipinski definition) is 3. The molecule has 1 heterocycles. The highest BCUT2D eigenvalue weighted by Gasteiger charge is 2.30. The van der Waals surface area contributed by atoms with Gasteiger partial charge in [0.15, 0.2) is 0 Å². The van der Waals surface area contributed by atoms with Gasteiger partial charge >= 0.3 is 0 Å². The molecule has 2 N–H and O–H groups in total. The van der Waals surface area contributed by atoms with Crippen molar-refractivity contribution in [2.45, 2.75) is 38.4 Å². The summed E-state index contributed by atoms with van der Waals surface area (Å²) in [6, 6.07) is 9.48. The quantitative estimate of drug-likeness (QED) is 0.846. The van der Waals surface area contributed by atoms with Gasteiger partial charge < -0.3 is 10.6 Å². The lowest BCUT2D eigenvalue weighted by atomic mass is 10.1. The molecule has 2 nitrogen and oxygen atoms in total. The second-order valence-electron chi connectivity index (χ2n) is 5.49. The van der Waals surface area contributed by atoms with Crippen LogP contribution in [-0.2, 0) is 6.54 Å². The van der Waals surface area contributed by atoms with Gasteiger partial charge in [-0.25, -0.2) is 0 Å². The van der Waals surface area contributed by atoms with Crippen LogP contribution in [0.15, 0.2) is 39.5 Å². The molecule has 0 radical (unpaired) electrons. The average Bonchev–Trinajstić information content (AvgIpc) is 3.14. The van der Waals surface area contributed by atoms with Crippen molar-refractivity contribution in [1.82, 2.24) is 0 Å². The number of halogens is 1. The molecule has 1 aliphatic carbocycles. The first-order valence-electron chi connectivity index (χ1n) is 6.98. The Hall–Kier alpha value is -0.840. The van der Waals surface area contributed by atoms with E-state index in [1.165, 1.54) is 29.7 Å². The summed E-state index contributed by atoms with van der Waals surface area (Å²) >= 11 is 5.49. The van der Waals surface area contributed by atoms with Gasteiger partial charge in [-0.05, 0) is 75.8 Å². The van der Waals surface area contributed by atoms with Gasteiger partial charge in [0.05, 0.1) is 5.69 Å². The minimum Gasteiger partial charge on any atom is -0.363 e. The number of thiophene rings is 1. The van der Waals surface area contributed by atoms with Gasteiger partial charge in [-0.2, -0.15) is 11.3 Å². The molecule has 20 heavy (non-hydrogen) atoms. The van der Waals surface area contributed by atoms with E-state index in [0.717, 1.165) is 11.0 Å². The summed E-state index contributed by atoms with van der Waals surface area (Å²) < 4.78 is 1.15. The van der Waals surface area contributed by atoms with Gasteiger partial charge in [0.25, 0.3) is 0 Å². The van der Waals surface area contributed by atoms with Crippen molar-refractivity contribution >= 4 is 33.0 Å². The first-order chi connectivity index (χ1) is 9.65. The molecule has 106 valence electrons. The number of anilines is 1. The van der Waals surface area contributed by atoms with Crippen LogP contribution in [-0.4, -0.2) is 6.04 Å². The van der Waals surface area contributed by atoms with Crippen molar-refractivity contribution in [1.29, 1.82) is 0 Å². The summed E-state index contributed by atoms with van der Waals surface area (Å²) in [5.74, 6) is 0. The molecule has 0 aliphatic heterocycles. The lowest BCUT2D eigenvalue weighted by Crippen LogP contribution is -2.25. The molecule has 1 aromatic heterocycles. The van der Waals surface area contributed by atoms with E-state index in [1.807, 2.05) is 6.92 Å². The van der Waals surface area contributed by atoms with Crippen LogP contribution in [0.1, 0.15) is 36.9 Å². The maximum atomic E-state index is 5.96. The second kappa shape index (κ2) is 5.88. The predicted octanol–water partition coefficient (Wildman–Crippen LogP) is 4.70. The first-order valence-corrected chi connectivity index (χ1v) is 8.71. The highest BCUT2D eigenvalue weighted by atomic mass is 79.9. The van der Waals surface area contributed by atoms with E-state index < -0.39 is 0 Å². The van der Waals surface area contributed by atoms with E-state index in [0.29, 0.717) is 6.04 Å². The van der Waals surface area contributed by atoms with Crippen LogP contribution in [0.2, 0.25) is 0 Å². The van der Waals surface area contributed by atoms with Crippen molar-refractivity contribution < 1.29 is 0 Å². The average molecular weight is 351 g/mol. The van der Waals surface area contributed by atoms with E-state index in [1.54, 1.807) is 11.3 Å². The van der Waals surface area contributed by atoms with Crippen molar-refractivity contribution in [3.05, 3.63) is 50.6 Å². The standard InChI is InChI=1S/C16H19BrN2S/c1-11(18)13-2-5-16(15(17)8-13)19(14-3-4-14)9-12-6-7-20-10-12/h2,5-8,10-11,14H,3-4,9,18H2,1H3. The Morgan fingerprint density at radius 3 is 2.75 bits per heavy atom. The van der Waals surface area contributed by atoms with Crippen molar-refractivity contribution in [3.8, 4) is 0 Å². The molecule has 1 saturated carbocycles. The normalized spacial score (nSPS) is 16.1. The molecule has 0 spiro atoms. The third-order valence-electron chi connectivity index (χ3n) is 3.73. The molecule has 3 rings (SSSR count). The second-order valence-corrected chi connectivity index (χ2v) is 7.12. The Balaban J connectivity index is 1.87. The summed E-state index contributed by atoms with van der Waals surface area (Å²) in [5.41, 5.74) is 9.80. The largest absolute Gasteiger partial charge is 0.363 e. The van der Waals surface area contributed by atoms with Gasteiger partial charge in [-0.1, -0.05) is 6.07 Å². The Morgan fingerprint density at radius 1 is 1.40 bits per heavy atom. The fraction of sp³-hybridized carbons (Fsp3) is 0.375. The van der Waals surface area contributed by atoms with Gasteiger partial charge in [0.1, 0.15) is 0 Å². The zero-order valence-corrected chi connectivity index (χ0v) is 14.0. The molecule has 1 unspecified atom stereocenters. The molecule has 0 amide bonds. The molecule has 1 aromatic carbocycles. The van der Waals surface area contributed by atoms with E-state index >= 15 is 0 Å². The van der Waals surface area contributed by atoms with Gasteiger partial charge in [0.2, 0.25) is 0 Å². The fourth-order valence-corrected chi connectivity index (χ4v) is 3.70. The zero-order valence-electron chi connectivity index (χ0n) is 11.6. The SMILES string of the molecule is CC(N)c1ccc(N(Cc2ccsc2)C2CC2)c(Br)c1. The highest BCUT2D eigenvalue weighted by Crippen LogP contribution is 2.38. The van der Waals surface area contributed by atoms with E-state index in [-0.39, 0.29) is 6.04 Å². The Kier molecular flexibility index (Phi) is 4.15. The lowest BCUT2D eigenvalue weighted by Gasteiger charge is -2.26. The molecular formula is C16H19BrN2S. The van der Waals surface area contributed by atoms with Crippen LogP contribution in [0.25, 0.3) is 0 Å². The third-order valence-corrected chi connectivity index (χ3v) is 5.09. The highest BCUT2D eigenvalue weighted by molar-refractivity contribution is 9.10.